The maximum atomic E-state index is 13.0. The van der Waals surface area contributed by atoms with Gasteiger partial charge in [0.1, 0.15) is 23.9 Å². The molecular weight excluding hydrogens is 434 g/mol. The molecule has 1 fully saturated rings. The fourth-order valence-electron chi connectivity index (χ4n) is 3.20. The smallest absolute Gasteiger partial charge is 0.255 e. The molecule has 1 aliphatic heterocycles. The lowest BCUT2D eigenvalue weighted by Crippen LogP contribution is -2.58. The number of amides is 3. The molecule has 0 aliphatic carbocycles. The second kappa shape index (κ2) is 11.9. The van der Waals surface area contributed by atoms with Gasteiger partial charge in [-0.05, 0) is 25.3 Å². The van der Waals surface area contributed by atoms with Crippen LogP contribution in [0.25, 0.3) is 0 Å². The van der Waals surface area contributed by atoms with Crippen LogP contribution >= 0.6 is 0 Å². The van der Waals surface area contributed by atoms with Crippen LogP contribution in [-0.2, 0) is 28.6 Å². The van der Waals surface area contributed by atoms with Crippen LogP contribution < -0.4 is 16.0 Å². The Balaban J connectivity index is 2.07. The Kier molecular flexibility index (Phi) is 9.56. The topological polar surface area (TPSA) is 148 Å². The van der Waals surface area contributed by atoms with Crippen LogP contribution in [0, 0.1) is 5.92 Å². The van der Waals surface area contributed by atoms with Gasteiger partial charge in [0.05, 0.1) is 37.7 Å². The summed E-state index contributed by atoms with van der Waals surface area (Å²) >= 11 is 0. The van der Waals surface area contributed by atoms with E-state index in [0.717, 1.165) is 0 Å². The molecule has 3 amide bonds. The predicted molar refractivity (Wildman–Crippen MR) is 116 cm³/mol. The first kappa shape index (κ1) is 26.5. The SMILES string of the molecule is COC[C@H](NC(=O)c1ccoc1)C(=O)N[C@@H](COC)C(=O)NC(CC(C)C)C(=O)C1(C)CO1. The van der Waals surface area contributed by atoms with Gasteiger partial charge in [0.25, 0.3) is 5.91 Å². The zero-order valence-electron chi connectivity index (χ0n) is 19.6. The van der Waals surface area contributed by atoms with Crippen molar-refractivity contribution in [2.45, 2.75) is 50.9 Å². The van der Waals surface area contributed by atoms with Gasteiger partial charge in [0.2, 0.25) is 11.8 Å². The zero-order chi connectivity index (χ0) is 24.6. The van der Waals surface area contributed by atoms with Crippen molar-refractivity contribution in [2.24, 2.45) is 5.92 Å². The normalized spacial score (nSPS) is 19.9. The highest BCUT2D eigenvalue weighted by molar-refractivity contribution is 5.99. The van der Waals surface area contributed by atoms with E-state index >= 15 is 0 Å². The Hall–Kier alpha value is -2.76. The van der Waals surface area contributed by atoms with E-state index in [9.17, 15) is 19.2 Å². The number of furan rings is 1. The molecule has 0 saturated carbocycles. The van der Waals surface area contributed by atoms with Gasteiger partial charge in [-0.3, -0.25) is 19.2 Å². The molecule has 11 heteroatoms. The molecule has 0 aromatic carbocycles. The number of nitrogens with one attached hydrogen (secondary N) is 3. The average molecular weight is 468 g/mol. The van der Waals surface area contributed by atoms with Crippen molar-refractivity contribution in [3.8, 4) is 0 Å². The number of methoxy groups -OCH3 is 2. The number of ketones is 1. The van der Waals surface area contributed by atoms with E-state index in [-0.39, 0.29) is 30.5 Å². The first-order chi connectivity index (χ1) is 15.6. The molecule has 1 aromatic rings. The number of hydrogen-bond acceptors (Lipinski definition) is 8. The van der Waals surface area contributed by atoms with E-state index in [0.29, 0.717) is 13.0 Å². The second-order valence-electron chi connectivity index (χ2n) is 8.58. The van der Waals surface area contributed by atoms with E-state index in [1.807, 2.05) is 13.8 Å². The summed E-state index contributed by atoms with van der Waals surface area (Å²) in [5.41, 5.74) is -0.658. The lowest BCUT2D eigenvalue weighted by atomic mass is 9.93. The molecular formula is C22H33N3O8. The van der Waals surface area contributed by atoms with Crippen molar-refractivity contribution in [3.63, 3.8) is 0 Å². The van der Waals surface area contributed by atoms with Crippen LogP contribution in [0.3, 0.4) is 0 Å². The number of rotatable bonds is 14. The second-order valence-corrected chi connectivity index (χ2v) is 8.58. The Morgan fingerprint density at radius 1 is 1.00 bits per heavy atom. The molecule has 1 saturated heterocycles. The minimum absolute atomic E-state index is 0.124. The molecule has 33 heavy (non-hydrogen) atoms. The van der Waals surface area contributed by atoms with Crippen LogP contribution in [0.4, 0.5) is 0 Å². The summed E-state index contributed by atoms with van der Waals surface area (Å²) < 4.78 is 20.3. The maximum absolute atomic E-state index is 13.0. The fourth-order valence-corrected chi connectivity index (χ4v) is 3.20. The van der Waals surface area contributed by atoms with Crippen molar-refractivity contribution < 1.29 is 37.8 Å². The molecule has 0 spiro atoms. The highest BCUT2D eigenvalue weighted by atomic mass is 16.6. The third-order valence-corrected chi connectivity index (χ3v) is 5.14. The number of carbonyl (C=O) groups excluding carboxylic acids is 4. The molecule has 3 N–H and O–H groups in total. The summed E-state index contributed by atoms with van der Waals surface area (Å²) in [5, 5.41) is 7.83. The minimum Gasteiger partial charge on any atom is -0.472 e. The van der Waals surface area contributed by atoms with Crippen LogP contribution in [0.15, 0.2) is 23.0 Å². The van der Waals surface area contributed by atoms with Crippen molar-refractivity contribution in [3.05, 3.63) is 24.2 Å². The molecule has 4 atom stereocenters. The van der Waals surface area contributed by atoms with Crippen molar-refractivity contribution >= 4 is 23.5 Å². The third kappa shape index (κ3) is 7.65. The summed E-state index contributed by atoms with van der Waals surface area (Å²) in [5.74, 6) is -1.83. The molecule has 2 rings (SSSR count). The van der Waals surface area contributed by atoms with E-state index in [1.54, 1.807) is 6.92 Å². The Labute approximate surface area is 192 Å². The number of Topliss-reactive ketones (excluding diaryl/α,β-unsaturated/α-hetero) is 1. The van der Waals surface area contributed by atoms with Gasteiger partial charge in [-0.2, -0.15) is 0 Å². The summed E-state index contributed by atoms with van der Waals surface area (Å²) in [6.45, 7) is 5.61. The molecule has 2 heterocycles. The van der Waals surface area contributed by atoms with Crippen molar-refractivity contribution in [1.82, 2.24) is 16.0 Å². The fraction of sp³-hybridized carbons (Fsp3) is 0.636. The maximum Gasteiger partial charge on any atom is 0.255 e. The first-order valence-corrected chi connectivity index (χ1v) is 10.7. The Morgan fingerprint density at radius 2 is 1.55 bits per heavy atom. The third-order valence-electron chi connectivity index (χ3n) is 5.14. The number of ether oxygens (including phenoxy) is 3. The molecule has 0 bridgehead atoms. The van der Waals surface area contributed by atoms with Crippen LogP contribution in [0.1, 0.15) is 37.6 Å². The summed E-state index contributed by atoms with van der Waals surface area (Å²) in [7, 11) is 2.77. The molecule has 11 nitrogen and oxygen atoms in total. The minimum atomic E-state index is -1.09. The Bertz CT molecular complexity index is 820. The van der Waals surface area contributed by atoms with E-state index in [2.05, 4.69) is 16.0 Å². The van der Waals surface area contributed by atoms with Crippen LogP contribution in [0.5, 0.6) is 0 Å². The number of carbonyl (C=O) groups is 4. The van der Waals surface area contributed by atoms with Gasteiger partial charge >= 0.3 is 0 Å². The van der Waals surface area contributed by atoms with Crippen LogP contribution in [0.2, 0.25) is 0 Å². The van der Waals surface area contributed by atoms with Gasteiger partial charge in [-0.25, -0.2) is 0 Å². The lowest BCUT2D eigenvalue weighted by Gasteiger charge is -2.26. The summed E-state index contributed by atoms with van der Waals surface area (Å²) in [4.78, 5) is 50.9. The van der Waals surface area contributed by atoms with Crippen molar-refractivity contribution in [2.75, 3.05) is 34.0 Å². The van der Waals surface area contributed by atoms with Gasteiger partial charge in [-0.1, -0.05) is 13.8 Å². The first-order valence-electron chi connectivity index (χ1n) is 10.7. The van der Waals surface area contributed by atoms with E-state index in [4.69, 9.17) is 18.6 Å². The van der Waals surface area contributed by atoms with Crippen LogP contribution in [-0.4, -0.2) is 81.3 Å². The highest BCUT2D eigenvalue weighted by Crippen LogP contribution is 2.29. The average Bonchev–Trinajstić information content (AvgIpc) is 3.27. The summed E-state index contributed by atoms with van der Waals surface area (Å²) in [6.07, 6.45) is 3.00. The van der Waals surface area contributed by atoms with Crippen molar-refractivity contribution in [1.29, 1.82) is 0 Å². The largest absolute Gasteiger partial charge is 0.472 e. The van der Waals surface area contributed by atoms with Gasteiger partial charge in [-0.15, -0.1) is 0 Å². The molecule has 0 radical (unpaired) electrons. The monoisotopic (exact) mass is 467 g/mol. The number of hydrogen-bond donors (Lipinski definition) is 3. The summed E-state index contributed by atoms with van der Waals surface area (Å²) in [6, 6.07) is -1.48. The Morgan fingerprint density at radius 3 is 2.00 bits per heavy atom. The standard InChI is InChI=1S/C22H33N3O8/c1-13(2)8-15(18(26)22(3)12-33-22)23-20(28)17(11-31-5)25-21(29)16(10-30-4)24-19(27)14-6-7-32-9-14/h6-7,9,13,15-17H,8,10-12H2,1-5H3,(H,23,28)(H,24,27)(H,25,29)/t15?,16-,17-,22?/m0/s1. The van der Waals surface area contributed by atoms with E-state index in [1.165, 1.54) is 32.8 Å². The molecule has 1 aliphatic rings. The quantitative estimate of drug-likeness (QED) is 0.325. The number of epoxide rings is 1. The highest BCUT2D eigenvalue weighted by Gasteiger charge is 2.50. The molecule has 2 unspecified atom stereocenters. The van der Waals surface area contributed by atoms with Gasteiger partial charge in [0, 0.05) is 14.2 Å². The molecule has 184 valence electrons. The lowest BCUT2D eigenvalue weighted by molar-refractivity contribution is -0.134. The predicted octanol–water partition coefficient (Wildman–Crippen LogP) is 0.0445. The molecule has 1 aromatic heterocycles. The van der Waals surface area contributed by atoms with Gasteiger partial charge in [0.15, 0.2) is 5.78 Å². The van der Waals surface area contributed by atoms with E-state index < -0.39 is 41.4 Å². The zero-order valence-corrected chi connectivity index (χ0v) is 19.6. The van der Waals surface area contributed by atoms with Gasteiger partial charge < -0.3 is 34.6 Å².